The van der Waals surface area contributed by atoms with Crippen LogP contribution in [-0.2, 0) is 4.79 Å². The zero-order chi connectivity index (χ0) is 14.4. The maximum atomic E-state index is 12.9. The van der Waals surface area contributed by atoms with Gasteiger partial charge in [-0.3, -0.25) is 4.79 Å². The number of amides is 1. The molecule has 0 aromatic heterocycles. The largest absolute Gasteiger partial charge is 0.482 e. The quantitative estimate of drug-likeness (QED) is 0.658. The first-order valence-corrected chi connectivity index (χ1v) is 7.12. The van der Waals surface area contributed by atoms with Gasteiger partial charge in [-0.05, 0) is 25.0 Å². The average Bonchev–Trinajstić information content (AvgIpc) is 2.66. The molecular weight excluding hydrogens is 259 g/mol. The van der Waals surface area contributed by atoms with E-state index in [1.54, 1.807) is 0 Å². The number of hydrogen-bond donors (Lipinski definition) is 2. The van der Waals surface area contributed by atoms with Crippen LogP contribution in [-0.4, -0.2) is 18.6 Å². The van der Waals surface area contributed by atoms with Crippen molar-refractivity contribution in [2.24, 2.45) is 0 Å². The molecule has 0 atom stereocenters. The fourth-order valence-corrected chi connectivity index (χ4v) is 2.49. The molecule has 0 unspecified atom stereocenters. The molecule has 1 aliphatic carbocycles. The highest BCUT2D eigenvalue weighted by Gasteiger charge is 2.15. The van der Waals surface area contributed by atoms with Gasteiger partial charge in [-0.25, -0.2) is 4.39 Å². The molecule has 2 rings (SSSR count). The van der Waals surface area contributed by atoms with E-state index in [0.717, 1.165) is 25.7 Å². The minimum absolute atomic E-state index is 0.0909. The van der Waals surface area contributed by atoms with Crippen LogP contribution in [0.4, 0.5) is 10.1 Å². The van der Waals surface area contributed by atoms with Crippen molar-refractivity contribution < 1.29 is 13.9 Å². The summed E-state index contributed by atoms with van der Waals surface area (Å²) in [6.45, 7) is -0.0909. The van der Waals surface area contributed by atoms with Gasteiger partial charge in [0.2, 0.25) is 0 Å². The number of halogens is 1. The van der Waals surface area contributed by atoms with Crippen molar-refractivity contribution in [1.82, 2.24) is 5.32 Å². The third-order valence-corrected chi connectivity index (χ3v) is 3.55. The normalized spacial score (nSPS) is 16.4. The van der Waals surface area contributed by atoms with Crippen LogP contribution >= 0.6 is 0 Å². The summed E-state index contributed by atoms with van der Waals surface area (Å²) in [5.41, 5.74) is 5.82. The summed E-state index contributed by atoms with van der Waals surface area (Å²) in [6, 6.07) is 4.12. The van der Waals surface area contributed by atoms with Crippen LogP contribution < -0.4 is 15.8 Å². The summed E-state index contributed by atoms with van der Waals surface area (Å²) in [5.74, 6) is -0.235. The van der Waals surface area contributed by atoms with Gasteiger partial charge in [-0.1, -0.05) is 25.7 Å². The molecular formula is C15H21FN2O2. The van der Waals surface area contributed by atoms with E-state index in [4.69, 9.17) is 10.5 Å². The average molecular weight is 280 g/mol. The van der Waals surface area contributed by atoms with Crippen LogP contribution in [0, 0.1) is 5.82 Å². The van der Waals surface area contributed by atoms with Crippen LogP contribution in [0.25, 0.3) is 0 Å². The number of hydrogen-bond acceptors (Lipinski definition) is 3. The minimum Gasteiger partial charge on any atom is -0.482 e. The van der Waals surface area contributed by atoms with E-state index in [1.807, 2.05) is 0 Å². The lowest BCUT2D eigenvalue weighted by Crippen LogP contribution is -2.37. The number of anilines is 1. The Morgan fingerprint density at radius 2 is 2.00 bits per heavy atom. The van der Waals surface area contributed by atoms with E-state index in [0.29, 0.717) is 5.75 Å². The number of nitrogen functional groups attached to an aromatic ring is 1. The zero-order valence-corrected chi connectivity index (χ0v) is 11.5. The second-order valence-electron chi connectivity index (χ2n) is 5.23. The molecule has 0 bridgehead atoms. The molecule has 3 N–H and O–H groups in total. The Morgan fingerprint density at radius 3 is 2.65 bits per heavy atom. The fourth-order valence-electron chi connectivity index (χ4n) is 2.49. The molecule has 1 aliphatic rings. The molecule has 20 heavy (non-hydrogen) atoms. The Balaban J connectivity index is 1.79. The third-order valence-electron chi connectivity index (χ3n) is 3.55. The van der Waals surface area contributed by atoms with Crippen LogP contribution in [0.3, 0.4) is 0 Å². The van der Waals surface area contributed by atoms with Crippen LogP contribution in [0.1, 0.15) is 38.5 Å². The fraction of sp³-hybridized carbons (Fsp3) is 0.533. The van der Waals surface area contributed by atoms with Crippen molar-refractivity contribution in [3.8, 4) is 5.75 Å². The van der Waals surface area contributed by atoms with Gasteiger partial charge in [0.15, 0.2) is 6.61 Å². The van der Waals surface area contributed by atoms with E-state index in [1.165, 1.54) is 31.0 Å². The molecule has 1 saturated carbocycles. The summed E-state index contributed by atoms with van der Waals surface area (Å²) in [5, 5.41) is 2.98. The molecule has 110 valence electrons. The van der Waals surface area contributed by atoms with E-state index >= 15 is 0 Å². The van der Waals surface area contributed by atoms with Crippen molar-refractivity contribution in [3.05, 3.63) is 24.0 Å². The highest BCUT2D eigenvalue weighted by atomic mass is 19.1. The predicted molar refractivity (Wildman–Crippen MR) is 75.9 cm³/mol. The van der Waals surface area contributed by atoms with E-state index < -0.39 is 5.82 Å². The van der Waals surface area contributed by atoms with Gasteiger partial charge in [-0.15, -0.1) is 0 Å². The molecule has 0 spiro atoms. The van der Waals surface area contributed by atoms with Gasteiger partial charge in [0.05, 0.1) is 5.69 Å². The lowest BCUT2D eigenvalue weighted by Gasteiger charge is -2.16. The molecule has 1 amide bonds. The van der Waals surface area contributed by atoms with Crippen LogP contribution in [0.15, 0.2) is 18.2 Å². The zero-order valence-electron chi connectivity index (χ0n) is 11.5. The van der Waals surface area contributed by atoms with Crippen molar-refractivity contribution in [2.45, 2.75) is 44.6 Å². The van der Waals surface area contributed by atoms with Gasteiger partial charge in [0.25, 0.3) is 5.91 Å². The number of nitrogens with two attached hydrogens (primary N) is 1. The first-order chi connectivity index (χ1) is 9.65. The Bertz CT molecular complexity index is 457. The topological polar surface area (TPSA) is 64.3 Å². The van der Waals surface area contributed by atoms with Crippen molar-refractivity contribution in [2.75, 3.05) is 12.3 Å². The van der Waals surface area contributed by atoms with E-state index in [9.17, 15) is 9.18 Å². The number of nitrogens with one attached hydrogen (secondary N) is 1. The predicted octanol–water partition coefficient (Wildman–Crippen LogP) is 2.63. The molecule has 0 aliphatic heterocycles. The number of carbonyl (C=O) groups is 1. The molecule has 1 fully saturated rings. The maximum Gasteiger partial charge on any atom is 0.258 e. The van der Waals surface area contributed by atoms with Crippen molar-refractivity contribution in [1.29, 1.82) is 0 Å². The van der Waals surface area contributed by atoms with E-state index in [2.05, 4.69) is 5.32 Å². The summed E-state index contributed by atoms with van der Waals surface area (Å²) in [4.78, 5) is 11.8. The van der Waals surface area contributed by atoms with Gasteiger partial charge >= 0.3 is 0 Å². The summed E-state index contributed by atoms with van der Waals surface area (Å²) >= 11 is 0. The number of rotatable bonds is 4. The number of carbonyl (C=O) groups excluding carboxylic acids is 1. The van der Waals surface area contributed by atoms with Gasteiger partial charge in [0.1, 0.15) is 11.6 Å². The molecule has 0 heterocycles. The molecule has 1 aromatic carbocycles. The smallest absolute Gasteiger partial charge is 0.258 e. The van der Waals surface area contributed by atoms with E-state index in [-0.39, 0.29) is 24.2 Å². The van der Waals surface area contributed by atoms with Gasteiger partial charge < -0.3 is 15.8 Å². The Morgan fingerprint density at radius 1 is 1.30 bits per heavy atom. The monoisotopic (exact) mass is 280 g/mol. The van der Waals surface area contributed by atoms with Crippen molar-refractivity contribution >= 4 is 11.6 Å². The van der Waals surface area contributed by atoms with Gasteiger partial charge in [0, 0.05) is 12.1 Å². The molecule has 1 aromatic rings. The second-order valence-corrected chi connectivity index (χ2v) is 5.23. The Hall–Kier alpha value is -1.78. The standard InChI is InChI=1S/C15H21FN2O2/c16-11-7-8-14(13(17)9-11)20-10-15(19)18-12-5-3-1-2-4-6-12/h7-9,12H,1-6,10,17H2,(H,18,19). The first-order valence-electron chi connectivity index (χ1n) is 7.12. The third kappa shape index (κ3) is 4.40. The summed E-state index contributed by atoms with van der Waals surface area (Å²) in [6.07, 6.45) is 6.88. The minimum atomic E-state index is -0.419. The molecule has 0 radical (unpaired) electrons. The highest BCUT2D eigenvalue weighted by Crippen LogP contribution is 2.21. The molecule has 5 heteroatoms. The number of benzene rings is 1. The van der Waals surface area contributed by atoms with Crippen LogP contribution in [0.5, 0.6) is 5.75 Å². The maximum absolute atomic E-state index is 12.9. The highest BCUT2D eigenvalue weighted by molar-refractivity contribution is 5.78. The molecule has 4 nitrogen and oxygen atoms in total. The summed E-state index contributed by atoms with van der Waals surface area (Å²) in [7, 11) is 0. The lowest BCUT2D eigenvalue weighted by atomic mass is 10.1. The Labute approximate surface area is 118 Å². The summed E-state index contributed by atoms with van der Waals surface area (Å²) < 4.78 is 18.2. The molecule has 0 saturated heterocycles. The van der Waals surface area contributed by atoms with Crippen molar-refractivity contribution in [3.63, 3.8) is 0 Å². The Kier molecular flexibility index (Phi) is 5.21. The SMILES string of the molecule is Nc1cc(F)ccc1OCC(=O)NC1CCCCCC1. The van der Waals surface area contributed by atoms with Crippen LogP contribution in [0.2, 0.25) is 0 Å². The first kappa shape index (κ1) is 14.6. The second kappa shape index (κ2) is 7.12. The lowest BCUT2D eigenvalue weighted by molar-refractivity contribution is -0.123. The van der Waals surface area contributed by atoms with Gasteiger partial charge in [-0.2, -0.15) is 0 Å². The number of ether oxygens (including phenoxy) is 1.